The molecular formula is C12H13BrN4. The van der Waals surface area contributed by atoms with Crippen LogP contribution in [0.25, 0.3) is 11.2 Å². The number of rotatable bonds is 1. The highest BCUT2D eigenvalue weighted by Crippen LogP contribution is 2.22. The van der Waals surface area contributed by atoms with Gasteiger partial charge in [-0.1, -0.05) is 15.9 Å². The molecule has 2 aromatic heterocycles. The molecule has 3 rings (SSSR count). The summed E-state index contributed by atoms with van der Waals surface area (Å²) < 4.78 is 0. The molecule has 1 saturated heterocycles. The number of anilines is 1. The maximum Gasteiger partial charge on any atom is 0.180 e. The van der Waals surface area contributed by atoms with E-state index in [4.69, 9.17) is 0 Å². The minimum Gasteiger partial charge on any atom is -0.356 e. The highest BCUT2D eigenvalue weighted by Gasteiger charge is 2.18. The Morgan fingerprint density at radius 1 is 1.12 bits per heavy atom. The molecule has 1 aliphatic rings. The van der Waals surface area contributed by atoms with Crippen LogP contribution in [0.15, 0.2) is 24.5 Å². The summed E-state index contributed by atoms with van der Waals surface area (Å²) in [6.45, 7) is 2.10. The van der Waals surface area contributed by atoms with Crippen molar-refractivity contribution in [3.8, 4) is 0 Å². The molecule has 0 radical (unpaired) electrons. The molecule has 1 aliphatic heterocycles. The smallest absolute Gasteiger partial charge is 0.180 e. The van der Waals surface area contributed by atoms with Crippen LogP contribution in [0.3, 0.4) is 0 Å². The predicted molar refractivity (Wildman–Crippen MR) is 71.5 cm³/mol. The number of halogens is 1. The van der Waals surface area contributed by atoms with Gasteiger partial charge in [0.25, 0.3) is 0 Å². The molecule has 0 saturated carbocycles. The third kappa shape index (κ3) is 2.24. The van der Waals surface area contributed by atoms with E-state index in [1.54, 1.807) is 12.4 Å². The lowest BCUT2D eigenvalue weighted by atomic mass is 10.1. The lowest BCUT2D eigenvalue weighted by Gasteiger charge is -2.30. The second-order valence-corrected chi connectivity index (χ2v) is 5.53. The van der Waals surface area contributed by atoms with Gasteiger partial charge in [-0.2, -0.15) is 0 Å². The highest BCUT2D eigenvalue weighted by molar-refractivity contribution is 9.09. The van der Waals surface area contributed by atoms with E-state index in [0.29, 0.717) is 4.83 Å². The molecular weight excluding hydrogens is 280 g/mol. The van der Waals surface area contributed by atoms with E-state index in [0.717, 1.165) is 30.1 Å². The monoisotopic (exact) mass is 292 g/mol. The average molecular weight is 293 g/mol. The first-order valence-corrected chi connectivity index (χ1v) is 6.71. The summed E-state index contributed by atoms with van der Waals surface area (Å²) in [6, 6.07) is 4.02. The Balaban J connectivity index is 1.90. The molecule has 1 fully saturated rings. The third-order valence-corrected chi connectivity index (χ3v) is 3.98. The van der Waals surface area contributed by atoms with Crippen molar-refractivity contribution >= 4 is 32.9 Å². The lowest BCUT2D eigenvalue weighted by molar-refractivity contribution is 0.593. The maximum absolute atomic E-state index is 4.56. The summed E-state index contributed by atoms with van der Waals surface area (Å²) in [7, 11) is 0. The molecule has 0 aliphatic carbocycles. The Labute approximate surface area is 108 Å². The number of alkyl halides is 1. The molecule has 4 nitrogen and oxygen atoms in total. The summed E-state index contributed by atoms with van der Waals surface area (Å²) >= 11 is 3.66. The topological polar surface area (TPSA) is 41.9 Å². The number of fused-ring (bicyclic) bond motifs is 1. The van der Waals surface area contributed by atoms with Gasteiger partial charge in [0.1, 0.15) is 11.3 Å². The van der Waals surface area contributed by atoms with Crippen molar-refractivity contribution in [1.29, 1.82) is 0 Å². The van der Waals surface area contributed by atoms with E-state index in [-0.39, 0.29) is 0 Å². The van der Waals surface area contributed by atoms with Gasteiger partial charge in [0, 0.05) is 30.3 Å². The normalized spacial score (nSPS) is 17.6. The van der Waals surface area contributed by atoms with Crippen LogP contribution in [0, 0.1) is 0 Å². The van der Waals surface area contributed by atoms with Crippen LogP contribution in [0.5, 0.6) is 0 Å². The molecule has 0 aromatic carbocycles. The first-order valence-electron chi connectivity index (χ1n) is 5.80. The van der Waals surface area contributed by atoms with Crippen LogP contribution in [0.4, 0.5) is 5.82 Å². The van der Waals surface area contributed by atoms with Gasteiger partial charge in [-0.05, 0) is 25.0 Å². The van der Waals surface area contributed by atoms with Gasteiger partial charge in [-0.3, -0.25) is 4.98 Å². The second kappa shape index (κ2) is 4.56. The van der Waals surface area contributed by atoms with Gasteiger partial charge in [-0.25, -0.2) is 9.97 Å². The summed E-state index contributed by atoms with van der Waals surface area (Å²) in [6.07, 6.45) is 5.71. The highest BCUT2D eigenvalue weighted by atomic mass is 79.9. The van der Waals surface area contributed by atoms with Crippen molar-refractivity contribution in [2.75, 3.05) is 18.0 Å². The van der Waals surface area contributed by atoms with Crippen LogP contribution in [0.1, 0.15) is 12.8 Å². The largest absolute Gasteiger partial charge is 0.356 e. The van der Waals surface area contributed by atoms with Crippen molar-refractivity contribution < 1.29 is 0 Å². The fourth-order valence-electron chi connectivity index (χ4n) is 2.10. The number of nitrogens with zero attached hydrogens (tertiary/aromatic N) is 4. The molecule has 0 amide bonds. The number of hydrogen-bond donors (Lipinski definition) is 0. The first-order chi connectivity index (χ1) is 8.33. The van der Waals surface area contributed by atoms with Crippen molar-refractivity contribution in [2.24, 2.45) is 0 Å². The van der Waals surface area contributed by atoms with Gasteiger partial charge >= 0.3 is 0 Å². The van der Waals surface area contributed by atoms with E-state index < -0.39 is 0 Å². The third-order valence-electron chi connectivity index (χ3n) is 3.07. The van der Waals surface area contributed by atoms with Gasteiger partial charge in [-0.15, -0.1) is 0 Å². The standard InChI is InChI=1S/C12H13BrN4/c13-9-3-7-17(8-4-9)11-2-1-10-12(16-11)15-6-5-14-10/h1-2,5-6,9H,3-4,7-8H2. The minimum absolute atomic E-state index is 0.652. The van der Waals surface area contributed by atoms with E-state index >= 15 is 0 Å². The van der Waals surface area contributed by atoms with E-state index in [1.165, 1.54) is 12.8 Å². The van der Waals surface area contributed by atoms with Crippen LogP contribution in [-0.4, -0.2) is 32.9 Å². The second-order valence-electron chi connectivity index (χ2n) is 4.23. The Hall–Kier alpha value is -1.23. The molecule has 17 heavy (non-hydrogen) atoms. The molecule has 0 spiro atoms. The number of aromatic nitrogens is 3. The van der Waals surface area contributed by atoms with E-state index in [1.807, 2.05) is 12.1 Å². The molecule has 5 heteroatoms. The van der Waals surface area contributed by atoms with Gasteiger partial charge in [0.05, 0.1) is 0 Å². The van der Waals surface area contributed by atoms with Crippen molar-refractivity contribution in [3.05, 3.63) is 24.5 Å². The van der Waals surface area contributed by atoms with E-state index in [2.05, 4.69) is 35.8 Å². The predicted octanol–water partition coefficient (Wildman–Crippen LogP) is 2.39. The Morgan fingerprint density at radius 3 is 2.71 bits per heavy atom. The van der Waals surface area contributed by atoms with Crippen molar-refractivity contribution in [3.63, 3.8) is 0 Å². The van der Waals surface area contributed by atoms with Crippen LogP contribution < -0.4 is 4.90 Å². The molecule has 0 bridgehead atoms. The van der Waals surface area contributed by atoms with Crippen LogP contribution in [-0.2, 0) is 0 Å². The maximum atomic E-state index is 4.56. The molecule has 0 atom stereocenters. The van der Waals surface area contributed by atoms with Crippen LogP contribution >= 0.6 is 15.9 Å². The van der Waals surface area contributed by atoms with Gasteiger partial charge < -0.3 is 4.90 Å². The SMILES string of the molecule is BrC1CCN(c2ccc3nccnc3n2)CC1. The first kappa shape index (κ1) is 10.9. The Bertz CT molecular complexity index is 523. The fraction of sp³-hybridized carbons (Fsp3) is 0.417. The number of pyridine rings is 1. The Kier molecular flexibility index (Phi) is 2.93. The molecule has 88 valence electrons. The number of hydrogen-bond acceptors (Lipinski definition) is 4. The Morgan fingerprint density at radius 2 is 1.88 bits per heavy atom. The molecule has 2 aromatic rings. The summed E-state index contributed by atoms with van der Waals surface area (Å²) in [4.78, 5) is 16.0. The van der Waals surface area contributed by atoms with E-state index in [9.17, 15) is 0 Å². The summed E-state index contributed by atoms with van der Waals surface area (Å²) in [5, 5.41) is 0. The molecule has 0 unspecified atom stereocenters. The van der Waals surface area contributed by atoms with Crippen molar-refractivity contribution in [1.82, 2.24) is 15.0 Å². The molecule has 3 heterocycles. The van der Waals surface area contributed by atoms with Crippen molar-refractivity contribution in [2.45, 2.75) is 17.7 Å². The zero-order valence-corrected chi connectivity index (χ0v) is 11.0. The minimum atomic E-state index is 0.652. The molecule has 0 N–H and O–H groups in total. The van der Waals surface area contributed by atoms with Gasteiger partial charge in [0.15, 0.2) is 5.65 Å². The van der Waals surface area contributed by atoms with Crippen LogP contribution in [0.2, 0.25) is 0 Å². The fourth-order valence-corrected chi connectivity index (χ4v) is 2.51. The lowest BCUT2D eigenvalue weighted by Crippen LogP contribution is -2.34. The zero-order chi connectivity index (χ0) is 11.7. The number of piperidine rings is 1. The van der Waals surface area contributed by atoms with Gasteiger partial charge in [0.2, 0.25) is 0 Å². The zero-order valence-electron chi connectivity index (χ0n) is 9.38. The average Bonchev–Trinajstić information content (AvgIpc) is 2.39. The summed E-state index contributed by atoms with van der Waals surface area (Å²) in [5.74, 6) is 1.01. The quantitative estimate of drug-likeness (QED) is 0.757. The summed E-state index contributed by atoms with van der Waals surface area (Å²) in [5.41, 5.74) is 1.58.